The average molecular weight is 477 g/mol. The van der Waals surface area contributed by atoms with Crippen LogP contribution in [0.5, 0.6) is 0 Å². The van der Waals surface area contributed by atoms with Gasteiger partial charge in [-0.3, -0.25) is 0 Å². The zero-order valence-electron chi connectivity index (χ0n) is 26.4. The summed E-state index contributed by atoms with van der Waals surface area (Å²) in [6, 6.07) is 0.748. The molecular formula is C32H67BN. The molecule has 3 radical (unpaired) electrons. The molecule has 0 aromatic carbocycles. The molecule has 34 heavy (non-hydrogen) atoms. The normalized spacial score (nSPS) is 26.8. The summed E-state index contributed by atoms with van der Waals surface area (Å²) in [4.78, 5) is 2.60. The van der Waals surface area contributed by atoms with E-state index in [-0.39, 0.29) is 8.41 Å². The van der Waals surface area contributed by atoms with Crippen molar-refractivity contribution < 1.29 is 0 Å². The van der Waals surface area contributed by atoms with E-state index in [1.54, 1.807) is 25.7 Å². The predicted molar refractivity (Wildman–Crippen MR) is 159 cm³/mol. The molecular weight excluding hydrogens is 409 g/mol. The largest absolute Gasteiger partial charge is 0.301 e. The minimum absolute atomic E-state index is 0. The highest BCUT2D eigenvalue weighted by atomic mass is 15.1. The minimum atomic E-state index is 0. The third-order valence-electron chi connectivity index (χ3n) is 7.91. The highest BCUT2D eigenvalue weighted by Crippen LogP contribution is 2.63. The Morgan fingerprint density at radius 3 is 0.971 bits per heavy atom. The van der Waals surface area contributed by atoms with Crippen molar-refractivity contribution in [3.63, 3.8) is 0 Å². The molecule has 0 aromatic rings. The number of hydrogen-bond donors (Lipinski definition) is 0. The van der Waals surface area contributed by atoms with Crippen LogP contribution in [0.2, 0.25) is 0 Å². The van der Waals surface area contributed by atoms with E-state index >= 15 is 0 Å². The topological polar surface area (TPSA) is 3.24 Å². The first-order valence-corrected chi connectivity index (χ1v) is 14.8. The van der Waals surface area contributed by atoms with Gasteiger partial charge in [0.25, 0.3) is 0 Å². The average Bonchev–Trinajstić information content (AvgIpc) is 2.58. The summed E-state index contributed by atoms with van der Waals surface area (Å²) >= 11 is 0. The predicted octanol–water partition coefficient (Wildman–Crippen LogP) is 9.81. The standard InChI is InChI=1S/C13H24.C11H23N.2C4H10.B/c1-9(2)11-5-13(6-11)7-12(8-13)10(3)4;1-9(2)11-5-7-12(8-6-11)10(3)4;2*1-4(2)3;/h9-12H,5-8H2,1-4H3;9-11H,5-8H2,1-4H3;2*4H,1-3H3;. The zero-order valence-corrected chi connectivity index (χ0v) is 26.4. The van der Waals surface area contributed by atoms with E-state index in [4.69, 9.17) is 0 Å². The maximum Gasteiger partial charge on any atom is 0.00385 e. The Labute approximate surface area is 220 Å². The summed E-state index contributed by atoms with van der Waals surface area (Å²) < 4.78 is 0. The van der Waals surface area contributed by atoms with E-state index in [1.807, 2.05) is 0 Å². The van der Waals surface area contributed by atoms with Crippen LogP contribution in [0.25, 0.3) is 0 Å². The zero-order chi connectivity index (χ0) is 25.9. The monoisotopic (exact) mass is 477 g/mol. The van der Waals surface area contributed by atoms with Crippen LogP contribution in [0, 0.1) is 52.8 Å². The van der Waals surface area contributed by atoms with E-state index in [9.17, 15) is 0 Å². The van der Waals surface area contributed by atoms with Gasteiger partial charge < -0.3 is 4.90 Å². The number of rotatable bonds is 4. The molecule has 2 heteroatoms. The van der Waals surface area contributed by atoms with Gasteiger partial charge in [0.1, 0.15) is 0 Å². The molecule has 203 valence electrons. The third-order valence-corrected chi connectivity index (χ3v) is 7.91. The molecule has 3 aliphatic rings. The molecule has 0 unspecified atom stereocenters. The molecule has 3 rings (SSSR count). The van der Waals surface area contributed by atoms with Gasteiger partial charge in [0.15, 0.2) is 0 Å². The molecule has 1 aliphatic heterocycles. The molecule has 1 spiro atoms. The fourth-order valence-corrected chi connectivity index (χ4v) is 5.48. The summed E-state index contributed by atoms with van der Waals surface area (Å²) in [6.07, 6.45) is 9.02. The first-order chi connectivity index (χ1) is 15.1. The maximum absolute atomic E-state index is 2.60. The van der Waals surface area contributed by atoms with Crippen molar-refractivity contribution in [2.24, 2.45) is 52.8 Å². The second-order valence-corrected chi connectivity index (χ2v) is 14.5. The smallest absolute Gasteiger partial charge is 0.00385 e. The number of nitrogens with zero attached hydrogens (tertiary/aromatic N) is 1. The minimum Gasteiger partial charge on any atom is -0.301 e. The van der Waals surface area contributed by atoms with E-state index in [0.717, 1.165) is 58.8 Å². The SMILES string of the molecule is CC(C)C.CC(C)C.CC(C)C1CC2(C1)CC(C(C)C)C2.CC(C)C1CCN(C(C)C)CC1.[B]. The van der Waals surface area contributed by atoms with Crippen LogP contribution in [-0.2, 0) is 0 Å². The molecule has 0 N–H and O–H groups in total. The van der Waals surface area contributed by atoms with E-state index < -0.39 is 0 Å². The summed E-state index contributed by atoms with van der Waals surface area (Å²) in [7, 11) is 0. The van der Waals surface area contributed by atoms with Crippen molar-refractivity contribution in [1.82, 2.24) is 4.90 Å². The van der Waals surface area contributed by atoms with Crippen LogP contribution >= 0.6 is 0 Å². The van der Waals surface area contributed by atoms with Crippen LogP contribution in [-0.4, -0.2) is 32.4 Å². The van der Waals surface area contributed by atoms with E-state index in [1.165, 1.54) is 25.9 Å². The Morgan fingerprint density at radius 1 is 0.500 bits per heavy atom. The Kier molecular flexibility index (Phi) is 18.6. The lowest BCUT2D eigenvalue weighted by atomic mass is 9.45. The van der Waals surface area contributed by atoms with Crippen molar-refractivity contribution in [1.29, 1.82) is 0 Å². The van der Waals surface area contributed by atoms with Gasteiger partial charge in [-0.2, -0.15) is 0 Å². The molecule has 2 saturated carbocycles. The van der Waals surface area contributed by atoms with Crippen molar-refractivity contribution in [2.75, 3.05) is 13.1 Å². The first-order valence-electron chi connectivity index (χ1n) is 14.8. The lowest BCUT2D eigenvalue weighted by Crippen LogP contribution is -2.50. The lowest BCUT2D eigenvalue weighted by Gasteiger charge is -2.60. The van der Waals surface area contributed by atoms with Gasteiger partial charge in [0.2, 0.25) is 0 Å². The third kappa shape index (κ3) is 14.6. The number of likely N-dealkylation sites (tertiary alicyclic amines) is 1. The summed E-state index contributed by atoms with van der Waals surface area (Å²) in [5, 5.41) is 0. The van der Waals surface area contributed by atoms with Crippen LogP contribution in [0.15, 0.2) is 0 Å². The van der Waals surface area contributed by atoms with Gasteiger partial charge in [0, 0.05) is 14.5 Å². The second kappa shape index (κ2) is 17.5. The summed E-state index contributed by atoms with van der Waals surface area (Å²) in [5.41, 5.74) is 0.851. The fourth-order valence-electron chi connectivity index (χ4n) is 5.48. The van der Waals surface area contributed by atoms with Crippen LogP contribution in [0.1, 0.15) is 135 Å². The van der Waals surface area contributed by atoms with E-state index in [0.29, 0.717) is 0 Å². The maximum atomic E-state index is 2.60. The fraction of sp³-hybridized carbons (Fsp3) is 1.00. The van der Waals surface area contributed by atoms with Crippen molar-refractivity contribution >= 4 is 8.41 Å². The molecule has 1 saturated heterocycles. The van der Waals surface area contributed by atoms with Crippen LogP contribution in [0.4, 0.5) is 0 Å². The Morgan fingerprint density at radius 2 is 0.765 bits per heavy atom. The first kappa shape index (κ1) is 36.2. The van der Waals surface area contributed by atoms with Gasteiger partial charge in [-0.25, -0.2) is 0 Å². The quantitative estimate of drug-likeness (QED) is 0.365. The van der Waals surface area contributed by atoms with Crippen LogP contribution in [0.3, 0.4) is 0 Å². The van der Waals surface area contributed by atoms with Crippen LogP contribution < -0.4 is 0 Å². The van der Waals surface area contributed by atoms with Gasteiger partial charge in [-0.1, -0.05) is 83.1 Å². The molecule has 0 aromatic heterocycles. The van der Waals surface area contributed by atoms with Crippen molar-refractivity contribution in [2.45, 2.75) is 141 Å². The molecule has 1 nitrogen and oxygen atoms in total. The van der Waals surface area contributed by atoms with Crippen molar-refractivity contribution in [3.8, 4) is 0 Å². The highest BCUT2D eigenvalue weighted by Gasteiger charge is 2.53. The molecule has 2 aliphatic carbocycles. The molecule has 1 heterocycles. The van der Waals surface area contributed by atoms with Gasteiger partial charge in [0.05, 0.1) is 0 Å². The summed E-state index contributed by atoms with van der Waals surface area (Å²) in [6.45, 7) is 34.5. The van der Waals surface area contributed by atoms with Gasteiger partial charge in [-0.05, 0) is 118 Å². The highest BCUT2D eigenvalue weighted by molar-refractivity contribution is 5.75. The van der Waals surface area contributed by atoms with E-state index in [2.05, 4.69) is 102 Å². The Hall–Kier alpha value is 0.0249. The second-order valence-electron chi connectivity index (χ2n) is 14.5. The molecule has 0 bridgehead atoms. The summed E-state index contributed by atoms with van der Waals surface area (Å²) in [5.74, 6) is 7.54. The number of piperidine rings is 1. The number of hydrogen-bond acceptors (Lipinski definition) is 1. The Balaban J connectivity index is 0. The molecule has 0 amide bonds. The van der Waals surface area contributed by atoms with Gasteiger partial charge >= 0.3 is 0 Å². The Bertz CT molecular complexity index is 406. The molecule has 3 fully saturated rings. The molecule has 0 atom stereocenters. The lowest BCUT2D eigenvalue weighted by molar-refractivity contribution is -0.0955. The van der Waals surface area contributed by atoms with Gasteiger partial charge in [-0.15, -0.1) is 0 Å². The van der Waals surface area contributed by atoms with Crippen molar-refractivity contribution in [3.05, 3.63) is 0 Å².